The third-order valence-electron chi connectivity index (χ3n) is 2.53. The predicted octanol–water partition coefficient (Wildman–Crippen LogP) is 1.62. The van der Waals surface area contributed by atoms with Crippen LogP contribution in [0.25, 0.3) is 5.69 Å². The third kappa shape index (κ3) is 1.77. The van der Waals surface area contributed by atoms with Crippen molar-refractivity contribution < 1.29 is 4.68 Å². The van der Waals surface area contributed by atoms with Crippen molar-refractivity contribution in [2.45, 2.75) is 20.8 Å². The number of aromatic nitrogens is 3. The molecule has 1 heterocycles. The molecule has 0 unspecified atom stereocenters. The summed E-state index contributed by atoms with van der Waals surface area (Å²) in [7, 11) is 1.93. The zero-order valence-corrected chi connectivity index (χ0v) is 9.65. The Morgan fingerprint density at radius 1 is 1.13 bits per heavy atom. The summed E-state index contributed by atoms with van der Waals surface area (Å²) >= 11 is 0. The van der Waals surface area contributed by atoms with E-state index < -0.39 is 0 Å². The molecule has 0 aliphatic carbocycles. The Labute approximate surface area is 90.0 Å². The van der Waals surface area contributed by atoms with Gasteiger partial charge in [0.2, 0.25) is 0 Å². The van der Waals surface area contributed by atoms with Crippen LogP contribution in [0.2, 0.25) is 0 Å². The van der Waals surface area contributed by atoms with E-state index in [-0.39, 0.29) is 0 Å². The van der Waals surface area contributed by atoms with Gasteiger partial charge in [-0.05, 0) is 31.9 Å². The Bertz CT molecular complexity index is 474. The van der Waals surface area contributed by atoms with Crippen molar-refractivity contribution in [3.63, 3.8) is 0 Å². The highest BCUT2D eigenvalue weighted by atomic mass is 15.5. The molecule has 0 saturated heterocycles. The molecule has 0 N–H and O–H groups in total. The summed E-state index contributed by atoms with van der Waals surface area (Å²) < 4.78 is 3.73. The number of benzene rings is 1. The quantitative estimate of drug-likeness (QED) is 0.644. The van der Waals surface area contributed by atoms with Gasteiger partial charge in [-0.3, -0.25) is 0 Å². The summed E-state index contributed by atoms with van der Waals surface area (Å²) in [6.07, 6.45) is 3.92. The van der Waals surface area contributed by atoms with Crippen molar-refractivity contribution in [2.24, 2.45) is 7.05 Å². The highest BCUT2D eigenvalue weighted by molar-refractivity contribution is 5.48. The zero-order valence-electron chi connectivity index (χ0n) is 9.65. The fourth-order valence-corrected chi connectivity index (χ4v) is 2.02. The first-order chi connectivity index (χ1) is 7.08. The van der Waals surface area contributed by atoms with Crippen LogP contribution in [0.1, 0.15) is 16.7 Å². The predicted molar refractivity (Wildman–Crippen MR) is 59.0 cm³/mol. The Hall–Kier alpha value is -1.64. The SMILES string of the molecule is Cc1cc(C)c(-n2cc[n+](C)n2)c(C)c1. The van der Waals surface area contributed by atoms with Crippen LogP contribution in [-0.4, -0.2) is 9.90 Å². The lowest BCUT2D eigenvalue weighted by atomic mass is 10.1. The molecular weight excluding hydrogens is 186 g/mol. The number of aryl methyl sites for hydroxylation is 4. The van der Waals surface area contributed by atoms with Crippen LogP contribution < -0.4 is 4.68 Å². The van der Waals surface area contributed by atoms with Crippen LogP contribution in [0.4, 0.5) is 0 Å². The fraction of sp³-hybridized carbons (Fsp3) is 0.333. The minimum absolute atomic E-state index is 1.18. The first kappa shape index (κ1) is 9.90. The van der Waals surface area contributed by atoms with Crippen LogP contribution >= 0.6 is 0 Å². The number of rotatable bonds is 1. The molecule has 78 valence electrons. The molecule has 0 saturated carbocycles. The Balaban J connectivity index is 2.62. The van der Waals surface area contributed by atoms with E-state index in [1.54, 1.807) is 4.68 Å². The molecule has 15 heavy (non-hydrogen) atoms. The summed E-state index contributed by atoms with van der Waals surface area (Å²) in [5, 5.41) is 4.37. The fourth-order valence-electron chi connectivity index (χ4n) is 2.02. The van der Waals surface area contributed by atoms with Crippen molar-refractivity contribution in [3.8, 4) is 5.69 Å². The maximum absolute atomic E-state index is 4.37. The summed E-state index contributed by atoms with van der Waals surface area (Å²) in [5.41, 5.74) is 5.00. The molecule has 0 fully saturated rings. The van der Waals surface area contributed by atoms with Gasteiger partial charge in [-0.1, -0.05) is 17.7 Å². The summed E-state index contributed by atoms with van der Waals surface area (Å²) in [4.78, 5) is 0. The van der Waals surface area contributed by atoms with Crippen molar-refractivity contribution >= 4 is 0 Å². The molecular formula is C12H16N3+. The van der Waals surface area contributed by atoms with Crippen LogP contribution in [0.3, 0.4) is 0 Å². The normalized spacial score (nSPS) is 10.7. The topological polar surface area (TPSA) is 21.7 Å². The molecule has 2 aromatic rings. The summed E-state index contributed by atoms with van der Waals surface area (Å²) in [6.45, 7) is 6.36. The van der Waals surface area contributed by atoms with Gasteiger partial charge in [0, 0.05) is 0 Å². The molecule has 0 bridgehead atoms. The maximum Gasteiger partial charge on any atom is 0.161 e. The smallest absolute Gasteiger partial charge is 0.140 e. The van der Waals surface area contributed by atoms with E-state index in [0.717, 1.165) is 0 Å². The third-order valence-corrected chi connectivity index (χ3v) is 2.53. The molecule has 0 atom stereocenters. The monoisotopic (exact) mass is 202 g/mol. The van der Waals surface area contributed by atoms with E-state index in [0.29, 0.717) is 0 Å². The van der Waals surface area contributed by atoms with Crippen molar-refractivity contribution in [1.29, 1.82) is 0 Å². The van der Waals surface area contributed by atoms with Gasteiger partial charge in [-0.25, -0.2) is 0 Å². The Morgan fingerprint density at radius 3 is 2.20 bits per heavy atom. The largest absolute Gasteiger partial charge is 0.161 e. The molecule has 1 aromatic carbocycles. The molecule has 3 nitrogen and oxygen atoms in total. The van der Waals surface area contributed by atoms with Crippen LogP contribution in [0.15, 0.2) is 24.5 Å². The van der Waals surface area contributed by atoms with Gasteiger partial charge in [-0.15, -0.1) is 9.36 Å². The van der Waals surface area contributed by atoms with Gasteiger partial charge >= 0.3 is 0 Å². The highest BCUT2D eigenvalue weighted by Gasteiger charge is 2.12. The summed E-state index contributed by atoms with van der Waals surface area (Å²) in [6, 6.07) is 4.37. The van der Waals surface area contributed by atoms with E-state index in [2.05, 4.69) is 38.1 Å². The minimum atomic E-state index is 1.18. The van der Waals surface area contributed by atoms with E-state index >= 15 is 0 Å². The van der Waals surface area contributed by atoms with Gasteiger partial charge in [0.25, 0.3) is 0 Å². The molecule has 0 aliphatic rings. The van der Waals surface area contributed by atoms with Gasteiger partial charge in [-0.2, -0.15) is 0 Å². The second-order valence-corrected chi connectivity index (χ2v) is 4.05. The Kier molecular flexibility index (Phi) is 2.31. The van der Waals surface area contributed by atoms with Gasteiger partial charge in [0.05, 0.1) is 5.21 Å². The standard InChI is InChI=1S/C12H16N3/c1-9-7-10(2)12(11(3)8-9)15-6-5-14(4)13-15/h5-8H,1-4H3/q+1. The van der Waals surface area contributed by atoms with Crippen LogP contribution in [0, 0.1) is 20.8 Å². The zero-order chi connectivity index (χ0) is 11.0. The van der Waals surface area contributed by atoms with Crippen molar-refractivity contribution in [2.75, 3.05) is 0 Å². The van der Waals surface area contributed by atoms with Crippen molar-refractivity contribution in [1.82, 2.24) is 9.90 Å². The van der Waals surface area contributed by atoms with E-state index in [1.807, 2.05) is 24.1 Å². The second-order valence-electron chi connectivity index (χ2n) is 4.05. The molecule has 1 aromatic heterocycles. The van der Waals surface area contributed by atoms with Gasteiger partial charge in [0.15, 0.2) is 18.1 Å². The molecule has 0 spiro atoms. The van der Waals surface area contributed by atoms with E-state index in [9.17, 15) is 0 Å². The van der Waals surface area contributed by atoms with E-state index in [4.69, 9.17) is 0 Å². The molecule has 0 aliphatic heterocycles. The molecule has 2 rings (SSSR count). The lowest BCUT2D eigenvalue weighted by Crippen LogP contribution is -2.30. The molecule has 0 amide bonds. The van der Waals surface area contributed by atoms with Crippen LogP contribution in [0.5, 0.6) is 0 Å². The van der Waals surface area contributed by atoms with Gasteiger partial charge in [0.1, 0.15) is 7.05 Å². The first-order valence-electron chi connectivity index (χ1n) is 5.08. The molecule has 0 radical (unpaired) electrons. The van der Waals surface area contributed by atoms with E-state index in [1.165, 1.54) is 22.4 Å². The van der Waals surface area contributed by atoms with Crippen LogP contribution in [-0.2, 0) is 7.05 Å². The lowest BCUT2D eigenvalue weighted by molar-refractivity contribution is -0.731. The van der Waals surface area contributed by atoms with Gasteiger partial charge < -0.3 is 0 Å². The number of hydrogen-bond donors (Lipinski definition) is 0. The highest BCUT2D eigenvalue weighted by Crippen LogP contribution is 2.19. The molecule has 3 heteroatoms. The first-order valence-corrected chi connectivity index (χ1v) is 5.08. The average Bonchev–Trinajstić information content (AvgIpc) is 2.49. The Morgan fingerprint density at radius 2 is 1.73 bits per heavy atom. The number of nitrogens with zero attached hydrogens (tertiary/aromatic N) is 3. The minimum Gasteiger partial charge on any atom is -0.140 e. The lowest BCUT2D eigenvalue weighted by Gasteiger charge is -2.05. The maximum atomic E-state index is 4.37. The summed E-state index contributed by atoms with van der Waals surface area (Å²) in [5.74, 6) is 0. The second kappa shape index (κ2) is 3.50. The number of hydrogen-bond acceptors (Lipinski definition) is 1. The van der Waals surface area contributed by atoms with Crippen molar-refractivity contribution in [3.05, 3.63) is 41.2 Å². The average molecular weight is 202 g/mol.